The number of amides is 1. The Bertz CT molecular complexity index is 1570. The summed E-state index contributed by atoms with van der Waals surface area (Å²) in [5.41, 5.74) is 5.25. The van der Waals surface area contributed by atoms with E-state index in [9.17, 15) is 10.1 Å². The molecule has 0 saturated heterocycles. The summed E-state index contributed by atoms with van der Waals surface area (Å²) in [5.74, 6) is 1.54. The van der Waals surface area contributed by atoms with Crippen molar-refractivity contribution < 1.29 is 9.53 Å². The van der Waals surface area contributed by atoms with E-state index in [-0.39, 0.29) is 11.9 Å². The molecule has 0 bridgehead atoms. The fraction of sp³-hybridized carbons (Fsp3) is 0.321. The van der Waals surface area contributed by atoms with Gasteiger partial charge in [0.15, 0.2) is 0 Å². The highest BCUT2D eigenvalue weighted by molar-refractivity contribution is 6.12. The number of nitriles is 1. The smallest absolute Gasteiger partial charge is 0.262 e. The molecule has 4 aromatic rings. The molecule has 1 aliphatic heterocycles. The number of carbonyl (C=O) groups is 1. The maximum atomic E-state index is 14.1. The average Bonchev–Trinajstić information content (AvgIpc) is 3.53. The van der Waals surface area contributed by atoms with E-state index in [1.807, 2.05) is 57.2 Å². The third-order valence-corrected chi connectivity index (χ3v) is 6.75. The Balaban J connectivity index is 1.77. The van der Waals surface area contributed by atoms with Gasteiger partial charge in [-0.15, -0.1) is 0 Å². The Kier molecular flexibility index (Phi) is 6.15. The molecule has 0 spiro atoms. The molecular weight excluding hydrogens is 480 g/mol. The van der Waals surface area contributed by atoms with Crippen molar-refractivity contribution in [1.29, 1.82) is 5.26 Å². The molecule has 0 aliphatic carbocycles. The number of rotatable bonds is 6. The monoisotopic (exact) mass is 510 g/mol. The molecular formula is C28H30N8O2. The molecule has 1 unspecified atom stereocenters. The van der Waals surface area contributed by atoms with E-state index < -0.39 is 6.04 Å². The van der Waals surface area contributed by atoms with Gasteiger partial charge < -0.3 is 14.2 Å². The highest BCUT2D eigenvalue weighted by Crippen LogP contribution is 2.47. The van der Waals surface area contributed by atoms with Gasteiger partial charge in [0.1, 0.15) is 11.9 Å². The van der Waals surface area contributed by atoms with Crippen LogP contribution in [0.15, 0.2) is 42.6 Å². The van der Waals surface area contributed by atoms with E-state index in [0.29, 0.717) is 34.3 Å². The number of methoxy groups -OCH3 is 1. The lowest BCUT2D eigenvalue weighted by molar-refractivity contribution is 0.0992. The number of anilines is 2. The fourth-order valence-corrected chi connectivity index (χ4v) is 5.13. The summed E-state index contributed by atoms with van der Waals surface area (Å²) in [6.07, 6.45) is 1.74. The van der Waals surface area contributed by atoms with Gasteiger partial charge in [-0.05, 0) is 44.5 Å². The number of benzene rings is 1. The van der Waals surface area contributed by atoms with Gasteiger partial charge >= 0.3 is 0 Å². The molecule has 10 heteroatoms. The van der Waals surface area contributed by atoms with Gasteiger partial charge in [0.2, 0.25) is 11.8 Å². The van der Waals surface area contributed by atoms with E-state index >= 15 is 0 Å². The highest BCUT2D eigenvalue weighted by atomic mass is 16.5. The van der Waals surface area contributed by atoms with Crippen molar-refractivity contribution in [3.8, 4) is 23.2 Å². The first-order chi connectivity index (χ1) is 18.2. The number of fused-ring (bicyclic) bond motifs is 1. The van der Waals surface area contributed by atoms with E-state index in [2.05, 4.69) is 39.6 Å². The SMILES string of the molecule is COc1nc(N(C)C)ncc1-c1cc2c(n1C(C)C)C(c1ccc(C#N)cc1)N(c1cc(C)nn1C)C2=O. The van der Waals surface area contributed by atoms with Crippen LogP contribution < -0.4 is 14.5 Å². The predicted octanol–water partition coefficient (Wildman–Crippen LogP) is 4.26. The second kappa shape index (κ2) is 9.34. The largest absolute Gasteiger partial charge is 0.480 e. The van der Waals surface area contributed by atoms with Gasteiger partial charge in [0, 0.05) is 39.4 Å². The van der Waals surface area contributed by atoms with Gasteiger partial charge in [0.25, 0.3) is 5.91 Å². The number of hydrogen-bond donors (Lipinski definition) is 0. The molecule has 0 N–H and O–H groups in total. The van der Waals surface area contributed by atoms with Crippen LogP contribution in [0, 0.1) is 18.3 Å². The van der Waals surface area contributed by atoms with Gasteiger partial charge in [-0.2, -0.15) is 15.3 Å². The average molecular weight is 511 g/mol. The lowest BCUT2D eigenvalue weighted by atomic mass is 10.0. The standard InChI is InChI=1S/C28H30N8O2/c1-16(2)35-22(21-15-30-28(33(4)5)31-26(21)38-7)13-20-25(35)24(19-10-8-18(14-29)9-11-19)36(27(20)37)23-12-17(3)32-34(23)6/h8-13,15-16,24H,1-7H3. The Labute approximate surface area is 221 Å². The van der Waals surface area contributed by atoms with Crippen molar-refractivity contribution in [2.24, 2.45) is 7.05 Å². The topological polar surface area (TPSA) is 105 Å². The van der Waals surface area contributed by atoms with Crippen LogP contribution in [0.25, 0.3) is 11.3 Å². The van der Waals surface area contributed by atoms with Crippen LogP contribution >= 0.6 is 0 Å². The molecule has 1 amide bonds. The quantitative estimate of drug-likeness (QED) is 0.382. The molecule has 1 aromatic carbocycles. The first-order valence-corrected chi connectivity index (χ1v) is 12.3. The third-order valence-electron chi connectivity index (χ3n) is 6.75. The first kappa shape index (κ1) is 25.0. The van der Waals surface area contributed by atoms with Gasteiger partial charge in [-0.25, -0.2) is 4.98 Å². The normalized spacial score (nSPS) is 14.7. The third kappa shape index (κ3) is 3.87. The Morgan fingerprint density at radius 3 is 2.39 bits per heavy atom. The molecule has 0 fully saturated rings. The molecule has 1 aliphatic rings. The van der Waals surface area contributed by atoms with Crippen molar-refractivity contribution in [2.45, 2.75) is 32.9 Å². The molecule has 1 atom stereocenters. The second-order valence-electron chi connectivity index (χ2n) is 9.86. The number of hydrogen-bond acceptors (Lipinski definition) is 7. The van der Waals surface area contributed by atoms with Crippen molar-refractivity contribution in [3.63, 3.8) is 0 Å². The van der Waals surface area contributed by atoms with E-state index in [4.69, 9.17) is 4.74 Å². The van der Waals surface area contributed by atoms with Crippen LogP contribution in [0.1, 0.15) is 58.8 Å². The minimum atomic E-state index is -0.427. The van der Waals surface area contributed by atoms with Gasteiger partial charge in [-0.1, -0.05) is 12.1 Å². The predicted molar refractivity (Wildman–Crippen MR) is 144 cm³/mol. The van der Waals surface area contributed by atoms with Crippen molar-refractivity contribution >= 4 is 17.7 Å². The molecule has 0 saturated carbocycles. The van der Waals surface area contributed by atoms with E-state index in [1.54, 1.807) is 35.0 Å². The summed E-state index contributed by atoms with van der Waals surface area (Å²) in [5, 5.41) is 13.9. The summed E-state index contributed by atoms with van der Waals surface area (Å²) in [6, 6.07) is 13.0. The number of ether oxygens (including phenoxy) is 1. The minimum Gasteiger partial charge on any atom is -0.480 e. The lowest BCUT2D eigenvalue weighted by Gasteiger charge is -2.29. The van der Waals surface area contributed by atoms with Crippen molar-refractivity contribution in [3.05, 3.63) is 70.7 Å². The number of aryl methyl sites for hydroxylation is 2. The lowest BCUT2D eigenvalue weighted by Crippen LogP contribution is -2.31. The van der Waals surface area contributed by atoms with Crippen LogP contribution in [0.5, 0.6) is 5.88 Å². The molecule has 3 aromatic heterocycles. The summed E-state index contributed by atoms with van der Waals surface area (Å²) >= 11 is 0. The zero-order valence-electron chi connectivity index (χ0n) is 22.6. The van der Waals surface area contributed by atoms with Crippen molar-refractivity contribution in [1.82, 2.24) is 24.3 Å². The maximum Gasteiger partial charge on any atom is 0.262 e. The van der Waals surface area contributed by atoms with Crippen LogP contribution in [0.3, 0.4) is 0 Å². The Morgan fingerprint density at radius 2 is 1.84 bits per heavy atom. The Morgan fingerprint density at radius 1 is 1.13 bits per heavy atom. The number of carbonyl (C=O) groups excluding carboxylic acids is 1. The summed E-state index contributed by atoms with van der Waals surface area (Å²) in [6.45, 7) is 6.08. The Hall–Kier alpha value is -4.65. The maximum absolute atomic E-state index is 14.1. The fourth-order valence-electron chi connectivity index (χ4n) is 5.13. The highest BCUT2D eigenvalue weighted by Gasteiger charge is 2.44. The van der Waals surface area contributed by atoms with Crippen LogP contribution in [0.4, 0.5) is 11.8 Å². The minimum absolute atomic E-state index is 0.00823. The van der Waals surface area contributed by atoms with Gasteiger partial charge in [-0.3, -0.25) is 14.4 Å². The second-order valence-corrected chi connectivity index (χ2v) is 9.86. The molecule has 10 nitrogen and oxygen atoms in total. The summed E-state index contributed by atoms with van der Waals surface area (Å²) in [4.78, 5) is 26.8. The molecule has 4 heterocycles. The zero-order valence-corrected chi connectivity index (χ0v) is 22.6. The van der Waals surface area contributed by atoms with E-state index in [0.717, 1.165) is 22.6 Å². The molecule has 0 radical (unpaired) electrons. The summed E-state index contributed by atoms with van der Waals surface area (Å²) in [7, 11) is 7.16. The molecule has 38 heavy (non-hydrogen) atoms. The molecule has 5 rings (SSSR count). The van der Waals surface area contributed by atoms with Gasteiger partial charge in [0.05, 0.1) is 47.0 Å². The van der Waals surface area contributed by atoms with Crippen molar-refractivity contribution in [2.75, 3.05) is 31.0 Å². The number of aromatic nitrogens is 5. The molecule has 194 valence electrons. The van der Waals surface area contributed by atoms with Crippen LogP contribution in [-0.2, 0) is 7.05 Å². The summed E-state index contributed by atoms with van der Waals surface area (Å²) < 4.78 is 9.56. The zero-order chi connectivity index (χ0) is 27.3. The van der Waals surface area contributed by atoms with E-state index in [1.165, 1.54) is 0 Å². The first-order valence-electron chi connectivity index (χ1n) is 12.3. The van der Waals surface area contributed by atoms with Crippen LogP contribution in [0.2, 0.25) is 0 Å². The van der Waals surface area contributed by atoms with Crippen LogP contribution in [-0.4, -0.2) is 51.4 Å². The number of nitrogens with zero attached hydrogens (tertiary/aromatic N) is 8.